The zero-order chi connectivity index (χ0) is 17.2. The van der Waals surface area contributed by atoms with Crippen molar-refractivity contribution in [3.8, 4) is 0 Å². The topological polar surface area (TPSA) is 24.7 Å². The van der Waals surface area contributed by atoms with E-state index >= 15 is 0 Å². The largest absolute Gasteiger partial charge is 0.337 e. The van der Waals surface area contributed by atoms with Gasteiger partial charge in [0.1, 0.15) is 0 Å². The zero-order valence-electron chi connectivity index (χ0n) is 14.7. The van der Waals surface area contributed by atoms with Crippen LogP contribution in [0.25, 0.3) is 5.52 Å². The van der Waals surface area contributed by atoms with Gasteiger partial charge in [0.25, 0.3) is 5.91 Å². The molecule has 1 aliphatic carbocycles. The summed E-state index contributed by atoms with van der Waals surface area (Å²) in [6, 6.07) is 15.0. The van der Waals surface area contributed by atoms with Crippen molar-refractivity contribution in [3.05, 3.63) is 77.1 Å². The lowest BCUT2D eigenvalue weighted by Crippen LogP contribution is -2.32. The third-order valence-corrected chi connectivity index (χ3v) is 6.15. The van der Waals surface area contributed by atoms with E-state index in [-0.39, 0.29) is 11.3 Å². The maximum absolute atomic E-state index is 13.0. The number of likely N-dealkylation sites (tertiary alicyclic amines) is 1. The van der Waals surface area contributed by atoms with Crippen LogP contribution in [0.5, 0.6) is 0 Å². The SMILES string of the molecule is Cc1ccc(C23CC2CN(C(=O)c2cc4c(C)cccn4c2)C3)cc1. The van der Waals surface area contributed by atoms with Crippen molar-refractivity contribution >= 4 is 11.4 Å². The van der Waals surface area contributed by atoms with Crippen molar-refractivity contribution in [2.75, 3.05) is 13.1 Å². The van der Waals surface area contributed by atoms with Gasteiger partial charge in [-0.15, -0.1) is 0 Å². The molecule has 126 valence electrons. The van der Waals surface area contributed by atoms with Crippen LogP contribution in [0.3, 0.4) is 0 Å². The van der Waals surface area contributed by atoms with E-state index in [0.717, 1.165) is 24.2 Å². The third kappa shape index (κ3) is 2.15. The quantitative estimate of drug-likeness (QED) is 0.698. The lowest BCUT2D eigenvalue weighted by Gasteiger charge is -2.21. The number of rotatable bonds is 2. The summed E-state index contributed by atoms with van der Waals surface area (Å²) in [7, 11) is 0. The molecule has 1 amide bonds. The number of aromatic nitrogens is 1. The Bertz CT molecular complexity index is 985. The summed E-state index contributed by atoms with van der Waals surface area (Å²) in [6.07, 6.45) is 5.19. The van der Waals surface area contributed by atoms with Gasteiger partial charge in [-0.3, -0.25) is 4.79 Å². The molecule has 2 atom stereocenters. The molecule has 3 aromatic rings. The first-order valence-electron chi connectivity index (χ1n) is 9.01. The first-order valence-corrected chi connectivity index (χ1v) is 9.01. The molecule has 1 saturated carbocycles. The van der Waals surface area contributed by atoms with Crippen LogP contribution < -0.4 is 0 Å². The standard InChI is InChI=1S/C22H22N2O/c1-15-5-7-18(8-6-15)22-11-19(22)13-24(14-22)21(25)17-10-20-16(2)4-3-9-23(20)12-17/h3-10,12,19H,11,13-14H2,1-2H3. The number of aryl methyl sites for hydroxylation is 2. The van der Waals surface area contributed by atoms with Crippen molar-refractivity contribution in [2.45, 2.75) is 25.7 Å². The van der Waals surface area contributed by atoms with Crippen LogP contribution in [0.2, 0.25) is 0 Å². The Morgan fingerprint density at radius 3 is 2.72 bits per heavy atom. The molecule has 2 unspecified atom stereocenters. The van der Waals surface area contributed by atoms with Crippen molar-refractivity contribution in [3.63, 3.8) is 0 Å². The normalized spacial score (nSPS) is 24.6. The lowest BCUT2D eigenvalue weighted by atomic mass is 9.94. The molecule has 1 aromatic carbocycles. The second kappa shape index (κ2) is 4.98. The Hall–Kier alpha value is -2.55. The molecule has 0 spiro atoms. The average Bonchev–Trinajstić information content (AvgIpc) is 2.97. The molecule has 5 rings (SSSR count). The number of hydrogen-bond donors (Lipinski definition) is 0. The van der Waals surface area contributed by atoms with Crippen LogP contribution in [-0.2, 0) is 5.41 Å². The van der Waals surface area contributed by atoms with Crippen molar-refractivity contribution in [2.24, 2.45) is 5.92 Å². The number of benzene rings is 1. The molecule has 2 aromatic heterocycles. The summed E-state index contributed by atoms with van der Waals surface area (Å²) < 4.78 is 2.05. The van der Waals surface area contributed by atoms with Gasteiger partial charge in [0, 0.05) is 36.4 Å². The van der Waals surface area contributed by atoms with E-state index in [1.807, 2.05) is 24.5 Å². The van der Waals surface area contributed by atoms with Crippen molar-refractivity contribution < 1.29 is 4.79 Å². The van der Waals surface area contributed by atoms with Gasteiger partial charge in [0.15, 0.2) is 0 Å². The number of carbonyl (C=O) groups is 1. The monoisotopic (exact) mass is 330 g/mol. The van der Waals surface area contributed by atoms with Gasteiger partial charge in [-0.2, -0.15) is 0 Å². The van der Waals surface area contributed by atoms with Gasteiger partial charge in [-0.25, -0.2) is 0 Å². The molecule has 3 nitrogen and oxygen atoms in total. The number of piperidine rings is 1. The molecule has 0 radical (unpaired) electrons. The maximum atomic E-state index is 13.0. The highest BCUT2D eigenvalue weighted by atomic mass is 16.2. The Kier molecular flexibility index (Phi) is 2.94. The number of nitrogens with zero attached hydrogens (tertiary/aromatic N) is 2. The average molecular weight is 330 g/mol. The van der Waals surface area contributed by atoms with Gasteiger partial charge in [0.05, 0.1) is 5.56 Å². The molecule has 2 aliphatic rings. The molecule has 3 heterocycles. The molecule has 1 aliphatic heterocycles. The summed E-state index contributed by atoms with van der Waals surface area (Å²) >= 11 is 0. The van der Waals surface area contributed by atoms with Gasteiger partial charge < -0.3 is 9.30 Å². The highest BCUT2D eigenvalue weighted by Crippen LogP contribution is 2.59. The van der Waals surface area contributed by atoms with Crippen LogP contribution in [0.4, 0.5) is 0 Å². The van der Waals surface area contributed by atoms with Crippen molar-refractivity contribution in [1.82, 2.24) is 9.30 Å². The number of amides is 1. The summed E-state index contributed by atoms with van der Waals surface area (Å²) in [6.45, 7) is 5.94. The smallest absolute Gasteiger partial charge is 0.255 e. The van der Waals surface area contributed by atoms with Gasteiger partial charge >= 0.3 is 0 Å². The second-order valence-electron chi connectivity index (χ2n) is 7.82. The molecular formula is C22H22N2O. The predicted molar refractivity (Wildman–Crippen MR) is 99.0 cm³/mol. The predicted octanol–water partition coefficient (Wildman–Crippen LogP) is 3.97. The van der Waals surface area contributed by atoms with E-state index in [0.29, 0.717) is 5.92 Å². The Morgan fingerprint density at radius 2 is 1.96 bits per heavy atom. The fourth-order valence-electron chi connectivity index (χ4n) is 4.55. The number of hydrogen-bond acceptors (Lipinski definition) is 1. The van der Waals surface area contributed by atoms with Gasteiger partial charge in [-0.1, -0.05) is 35.9 Å². The molecular weight excluding hydrogens is 308 g/mol. The van der Waals surface area contributed by atoms with E-state index in [1.165, 1.54) is 23.1 Å². The first-order chi connectivity index (χ1) is 12.1. The molecule has 2 fully saturated rings. The Balaban J connectivity index is 1.42. The maximum Gasteiger partial charge on any atom is 0.255 e. The minimum atomic E-state index is 0.168. The Labute approximate surface area is 147 Å². The lowest BCUT2D eigenvalue weighted by molar-refractivity contribution is 0.0772. The van der Waals surface area contributed by atoms with E-state index in [4.69, 9.17) is 0 Å². The highest BCUT2D eigenvalue weighted by molar-refractivity contribution is 5.96. The van der Waals surface area contributed by atoms with E-state index in [9.17, 15) is 4.79 Å². The Morgan fingerprint density at radius 1 is 1.16 bits per heavy atom. The minimum absolute atomic E-state index is 0.168. The number of pyridine rings is 1. The summed E-state index contributed by atoms with van der Waals surface area (Å²) in [5.74, 6) is 0.791. The fraction of sp³-hybridized carbons (Fsp3) is 0.318. The van der Waals surface area contributed by atoms with E-state index in [2.05, 4.69) is 53.5 Å². The van der Waals surface area contributed by atoms with Crippen molar-refractivity contribution in [1.29, 1.82) is 0 Å². The van der Waals surface area contributed by atoms with Crippen LogP contribution in [0.15, 0.2) is 54.9 Å². The van der Waals surface area contributed by atoms with Crippen LogP contribution in [0.1, 0.15) is 33.5 Å². The van der Waals surface area contributed by atoms with Crippen LogP contribution in [0, 0.1) is 19.8 Å². The molecule has 0 N–H and O–H groups in total. The molecule has 25 heavy (non-hydrogen) atoms. The van der Waals surface area contributed by atoms with Gasteiger partial charge in [-0.05, 0) is 49.4 Å². The molecule has 1 saturated heterocycles. The summed E-state index contributed by atoms with van der Waals surface area (Å²) in [5.41, 5.74) is 6.01. The number of carbonyl (C=O) groups excluding carboxylic acids is 1. The fourth-order valence-corrected chi connectivity index (χ4v) is 4.55. The summed E-state index contributed by atoms with van der Waals surface area (Å²) in [5, 5.41) is 0. The highest BCUT2D eigenvalue weighted by Gasteiger charge is 2.61. The summed E-state index contributed by atoms with van der Waals surface area (Å²) in [4.78, 5) is 15.1. The van der Waals surface area contributed by atoms with Crippen LogP contribution in [-0.4, -0.2) is 28.3 Å². The number of fused-ring (bicyclic) bond motifs is 2. The second-order valence-corrected chi connectivity index (χ2v) is 7.82. The molecule has 3 heteroatoms. The van der Waals surface area contributed by atoms with Crippen LogP contribution >= 0.6 is 0 Å². The van der Waals surface area contributed by atoms with Gasteiger partial charge in [0.2, 0.25) is 0 Å². The first kappa shape index (κ1) is 14.8. The third-order valence-electron chi connectivity index (χ3n) is 6.15. The minimum Gasteiger partial charge on any atom is -0.337 e. The van der Waals surface area contributed by atoms with E-state index in [1.54, 1.807) is 0 Å². The van der Waals surface area contributed by atoms with E-state index < -0.39 is 0 Å². The molecule has 0 bridgehead atoms. The zero-order valence-corrected chi connectivity index (χ0v) is 14.7.